The molecule has 34 heavy (non-hydrogen) atoms. The van der Waals surface area contributed by atoms with Gasteiger partial charge in [0, 0.05) is 11.2 Å². The van der Waals surface area contributed by atoms with Crippen LogP contribution >= 0.6 is 11.6 Å². The number of nitrogens with zero attached hydrogens (tertiary/aromatic N) is 4. The SMILES string of the molecule is Cc1cc(OCc2c(F)cncc2F)c2nc(C)c(C(=O)NC(C#N)c3ccc(Cl)cc3)n2c1. The normalized spacial score (nSPS) is 11.8. The van der Waals surface area contributed by atoms with Gasteiger partial charge in [0.25, 0.3) is 5.91 Å². The zero-order valence-corrected chi connectivity index (χ0v) is 18.9. The zero-order valence-electron chi connectivity index (χ0n) is 18.1. The number of amides is 1. The summed E-state index contributed by atoms with van der Waals surface area (Å²) in [6, 6.07) is 9.40. The number of pyridine rings is 2. The quantitative estimate of drug-likeness (QED) is 0.425. The lowest BCUT2D eigenvalue weighted by molar-refractivity contribution is 0.0938. The average molecular weight is 482 g/mol. The molecule has 3 aromatic heterocycles. The van der Waals surface area contributed by atoms with Crippen LogP contribution in [0.2, 0.25) is 5.02 Å². The second-order valence-electron chi connectivity index (χ2n) is 7.58. The third-order valence-electron chi connectivity index (χ3n) is 5.14. The molecule has 1 N–H and O–H groups in total. The van der Waals surface area contributed by atoms with Gasteiger partial charge in [0.05, 0.1) is 29.7 Å². The molecule has 10 heteroatoms. The molecule has 0 radical (unpaired) electrons. The molecule has 1 unspecified atom stereocenters. The number of benzene rings is 1. The highest BCUT2D eigenvalue weighted by molar-refractivity contribution is 6.30. The van der Waals surface area contributed by atoms with Crippen LogP contribution in [0.4, 0.5) is 8.78 Å². The minimum atomic E-state index is -0.909. The maximum atomic E-state index is 13.9. The van der Waals surface area contributed by atoms with Crippen LogP contribution < -0.4 is 10.1 Å². The number of halogens is 3. The summed E-state index contributed by atoms with van der Waals surface area (Å²) in [5.74, 6) is -1.93. The van der Waals surface area contributed by atoms with E-state index in [0.29, 0.717) is 21.9 Å². The van der Waals surface area contributed by atoms with Gasteiger partial charge in [-0.1, -0.05) is 23.7 Å². The number of nitrogens with one attached hydrogen (secondary N) is 1. The molecule has 0 aliphatic rings. The second-order valence-corrected chi connectivity index (χ2v) is 8.02. The lowest BCUT2D eigenvalue weighted by atomic mass is 10.1. The fraction of sp³-hybridized carbons (Fsp3) is 0.167. The number of rotatable bonds is 6. The van der Waals surface area contributed by atoms with Crippen molar-refractivity contribution in [2.75, 3.05) is 0 Å². The van der Waals surface area contributed by atoms with Crippen LogP contribution in [0.15, 0.2) is 48.9 Å². The summed E-state index contributed by atoms with van der Waals surface area (Å²) >= 11 is 5.91. The predicted octanol–water partition coefficient (Wildman–Crippen LogP) is 4.85. The molecule has 0 fully saturated rings. The summed E-state index contributed by atoms with van der Waals surface area (Å²) in [4.78, 5) is 21.0. The van der Waals surface area contributed by atoms with E-state index in [0.717, 1.165) is 18.0 Å². The Balaban J connectivity index is 1.66. The van der Waals surface area contributed by atoms with Crippen LogP contribution in [0.25, 0.3) is 5.65 Å². The minimum absolute atomic E-state index is 0.207. The highest BCUT2D eigenvalue weighted by Crippen LogP contribution is 2.26. The Kier molecular flexibility index (Phi) is 6.43. The van der Waals surface area contributed by atoms with Crippen LogP contribution in [0.5, 0.6) is 5.75 Å². The third-order valence-corrected chi connectivity index (χ3v) is 5.40. The van der Waals surface area contributed by atoms with Crippen LogP contribution in [0.3, 0.4) is 0 Å². The van der Waals surface area contributed by atoms with Crippen LogP contribution in [0, 0.1) is 36.8 Å². The molecule has 3 heterocycles. The van der Waals surface area contributed by atoms with Crippen LogP contribution in [-0.2, 0) is 6.61 Å². The number of hydrogen-bond acceptors (Lipinski definition) is 5. The van der Waals surface area contributed by atoms with Gasteiger partial charge in [0.1, 0.15) is 18.3 Å². The fourth-order valence-electron chi connectivity index (χ4n) is 3.51. The second kappa shape index (κ2) is 9.45. The summed E-state index contributed by atoms with van der Waals surface area (Å²) in [6.07, 6.45) is 3.50. The monoisotopic (exact) mass is 481 g/mol. The van der Waals surface area contributed by atoms with E-state index in [1.165, 1.54) is 4.40 Å². The van der Waals surface area contributed by atoms with Gasteiger partial charge in [-0.05, 0) is 43.2 Å². The smallest absolute Gasteiger partial charge is 0.271 e. The number of fused-ring (bicyclic) bond motifs is 1. The Bertz CT molecular complexity index is 1410. The van der Waals surface area contributed by atoms with Gasteiger partial charge in [0.2, 0.25) is 0 Å². The maximum absolute atomic E-state index is 13.9. The van der Waals surface area contributed by atoms with Crippen molar-refractivity contribution in [1.29, 1.82) is 5.26 Å². The van der Waals surface area contributed by atoms with Crippen molar-refractivity contribution in [3.8, 4) is 11.8 Å². The highest BCUT2D eigenvalue weighted by atomic mass is 35.5. The average Bonchev–Trinajstić information content (AvgIpc) is 3.13. The first kappa shape index (κ1) is 23.1. The highest BCUT2D eigenvalue weighted by Gasteiger charge is 2.23. The molecule has 7 nitrogen and oxygen atoms in total. The van der Waals surface area contributed by atoms with Crippen molar-refractivity contribution in [2.24, 2.45) is 0 Å². The van der Waals surface area contributed by atoms with E-state index in [1.54, 1.807) is 50.4 Å². The van der Waals surface area contributed by atoms with Crippen molar-refractivity contribution < 1.29 is 18.3 Å². The Hall–Kier alpha value is -4.03. The summed E-state index contributed by atoms with van der Waals surface area (Å²) in [5, 5.41) is 12.8. The first-order valence-electron chi connectivity index (χ1n) is 10.1. The number of ether oxygens (including phenoxy) is 1. The predicted molar refractivity (Wildman–Crippen MR) is 120 cm³/mol. The molecule has 0 spiro atoms. The van der Waals surface area contributed by atoms with Gasteiger partial charge >= 0.3 is 0 Å². The Labute approximate surface area is 198 Å². The molecule has 1 atom stereocenters. The largest absolute Gasteiger partial charge is 0.485 e. The summed E-state index contributed by atoms with van der Waals surface area (Å²) in [7, 11) is 0. The van der Waals surface area contributed by atoms with Gasteiger partial charge in [-0.15, -0.1) is 0 Å². The maximum Gasteiger partial charge on any atom is 0.271 e. The number of carbonyl (C=O) groups excluding carboxylic acids is 1. The summed E-state index contributed by atoms with van der Waals surface area (Å²) in [6.45, 7) is 3.04. The molecule has 1 amide bonds. The molecular formula is C24H18ClF2N5O2. The molecule has 4 aromatic rings. The van der Waals surface area contributed by atoms with E-state index in [-0.39, 0.29) is 23.6 Å². The summed E-state index contributed by atoms with van der Waals surface area (Å²) in [5.41, 5.74) is 1.92. The number of imidazole rings is 1. The standard InChI is InChI=1S/C24H18ClF2N5O2/c1-13-7-21(34-12-17-18(26)9-29-10-19(17)27)23-30-14(2)22(32(23)11-13)24(33)31-20(8-28)15-3-5-16(25)6-4-15/h3-7,9-11,20H,12H2,1-2H3,(H,31,33). The topological polar surface area (TPSA) is 92.3 Å². The van der Waals surface area contributed by atoms with E-state index < -0.39 is 23.6 Å². The van der Waals surface area contributed by atoms with Crippen molar-refractivity contribution in [1.82, 2.24) is 19.7 Å². The van der Waals surface area contributed by atoms with E-state index in [1.807, 2.05) is 0 Å². The van der Waals surface area contributed by atoms with Crippen molar-refractivity contribution in [2.45, 2.75) is 26.5 Å². The van der Waals surface area contributed by atoms with E-state index in [9.17, 15) is 18.8 Å². The van der Waals surface area contributed by atoms with Gasteiger partial charge in [-0.25, -0.2) is 13.8 Å². The first-order valence-corrected chi connectivity index (χ1v) is 10.5. The Morgan fingerprint density at radius 2 is 1.91 bits per heavy atom. The molecule has 0 saturated heterocycles. The van der Waals surface area contributed by atoms with Gasteiger partial charge < -0.3 is 10.1 Å². The van der Waals surface area contributed by atoms with Crippen molar-refractivity contribution in [3.63, 3.8) is 0 Å². The fourth-order valence-corrected chi connectivity index (χ4v) is 3.63. The molecule has 0 aliphatic carbocycles. The Morgan fingerprint density at radius 1 is 1.24 bits per heavy atom. The van der Waals surface area contributed by atoms with E-state index in [2.05, 4.69) is 21.4 Å². The molecule has 0 aliphatic heterocycles. The summed E-state index contributed by atoms with van der Waals surface area (Å²) < 4.78 is 35.1. The van der Waals surface area contributed by atoms with E-state index >= 15 is 0 Å². The lowest BCUT2D eigenvalue weighted by Crippen LogP contribution is -2.29. The number of carbonyl (C=O) groups is 1. The molecule has 4 rings (SSSR count). The van der Waals surface area contributed by atoms with Crippen LogP contribution in [0.1, 0.15) is 38.9 Å². The number of aromatic nitrogens is 3. The van der Waals surface area contributed by atoms with Gasteiger partial charge in [-0.3, -0.25) is 14.2 Å². The molecule has 0 bridgehead atoms. The third kappa shape index (κ3) is 4.54. The van der Waals surface area contributed by atoms with Gasteiger partial charge in [0.15, 0.2) is 23.0 Å². The first-order chi connectivity index (χ1) is 16.3. The van der Waals surface area contributed by atoms with Crippen LogP contribution in [-0.4, -0.2) is 20.3 Å². The number of aryl methyl sites for hydroxylation is 2. The number of hydrogen-bond donors (Lipinski definition) is 1. The Morgan fingerprint density at radius 3 is 2.56 bits per heavy atom. The van der Waals surface area contributed by atoms with Crippen molar-refractivity contribution >= 4 is 23.2 Å². The molecule has 172 valence electrons. The number of nitriles is 1. The zero-order chi connectivity index (χ0) is 24.4. The van der Waals surface area contributed by atoms with E-state index in [4.69, 9.17) is 16.3 Å². The van der Waals surface area contributed by atoms with Crippen molar-refractivity contribution in [3.05, 3.63) is 93.7 Å². The lowest BCUT2D eigenvalue weighted by Gasteiger charge is -2.13. The van der Waals surface area contributed by atoms with Gasteiger partial charge in [-0.2, -0.15) is 5.26 Å². The molecule has 1 aromatic carbocycles. The minimum Gasteiger partial charge on any atom is -0.485 e. The molecule has 0 saturated carbocycles. The molecular weight excluding hydrogens is 464 g/mol.